The molecule has 1 N–H and O–H groups in total. The van der Waals surface area contributed by atoms with Gasteiger partial charge in [0.05, 0.1) is 5.41 Å². The molecule has 1 aliphatic rings. The van der Waals surface area contributed by atoms with Crippen LogP contribution in [0.3, 0.4) is 0 Å². The van der Waals surface area contributed by atoms with Gasteiger partial charge >= 0.3 is 0 Å². The predicted molar refractivity (Wildman–Crippen MR) is 116 cm³/mol. The lowest BCUT2D eigenvalue weighted by Gasteiger charge is -2.36. The highest BCUT2D eigenvalue weighted by Crippen LogP contribution is 2.35. The fraction of sp³-hybridized carbons (Fsp3) is 0.591. The standard InChI is InChI=1S/C22H32N4O2S/c1-17(2)16-26-19(24-25-21(26)29-3)10-7-13-23-20(27)22(11-14-28-15-12-22)18-8-5-4-6-9-18/h4-6,8-9,17H,7,10-16H2,1-3H3,(H,23,27). The molecule has 0 spiro atoms. The van der Waals surface area contributed by atoms with Crippen LogP contribution < -0.4 is 5.32 Å². The summed E-state index contributed by atoms with van der Waals surface area (Å²) in [5.41, 5.74) is 0.602. The van der Waals surface area contributed by atoms with Gasteiger partial charge in [-0.05, 0) is 37.0 Å². The number of nitrogens with zero attached hydrogens (tertiary/aromatic N) is 3. The Morgan fingerprint density at radius 3 is 2.62 bits per heavy atom. The van der Waals surface area contributed by atoms with Crippen LogP contribution in [0.5, 0.6) is 0 Å². The monoisotopic (exact) mass is 416 g/mol. The number of benzene rings is 1. The minimum atomic E-state index is -0.483. The highest BCUT2D eigenvalue weighted by atomic mass is 32.2. The van der Waals surface area contributed by atoms with E-state index in [0.717, 1.165) is 48.8 Å². The topological polar surface area (TPSA) is 69.0 Å². The summed E-state index contributed by atoms with van der Waals surface area (Å²) in [5, 5.41) is 12.8. The number of ether oxygens (including phenoxy) is 1. The van der Waals surface area contributed by atoms with Crippen molar-refractivity contribution < 1.29 is 9.53 Å². The van der Waals surface area contributed by atoms with Crippen LogP contribution in [0.25, 0.3) is 0 Å². The number of thioether (sulfide) groups is 1. The highest BCUT2D eigenvalue weighted by molar-refractivity contribution is 7.98. The van der Waals surface area contributed by atoms with Gasteiger partial charge in [-0.1, -0.05) is 55.9 Å². The summed E-state index contributed by atoms with van der Waals surface area (Å²) in [6.07, 6.45) is 5.13. The maximum Gasteiger partial charge on any atom is 0.230 e. The number of rotatable bonds is 9. The number of carbonyl (C=O) groups is 1. The number of hydrogen-bond acceptors (Lipinski definition) is 5. The minimum absolute atomic E-state index is 0.112. The van der Waals surface area contributed by atoms with Gasteiger partial charge in [0.25, 0.3) is 0 Å². The van der Waals surface area contributed by atoms with E-state index in [1.54, 1.807) is 11.8 Å². The molecule has 3 rings (SSSR count). The average molecular weight is 417 g/mol. The molecule has 7 heteroatoms. The normalized spacial score (nSPS) is 16.1. The largest absolute Gasteiger partial charge is 0.381 e. The predicted octanol–water partition coefficient (Wildman–Crippen LogP) is 3.45. The lowest BCUT2D eigenvalue weighted by Crippen LogP contribution is -2.48. The molecule has 2 aromatic rings. The number of hydrogen-bond donors (Lipinski definition) is 1. The van der Waals surface area contributed by atoms with Crippen LogP contribution in [0.15, 0.2) is 35.5 Å². The summed E-state index contributed by atoms with van der Waals surface area (Å²) in [5.74, 6) is 1.65. The van der Waals surface area contributed by atoms with Crippen molar-refractivity contribution in [2.24, 2.45) is 5.92 Å². The first-order valence-corrected chi connectivity index (χ1v) is 11.7. The van der Waals surface area contributed by atoms with Crippen LogP contribution >= 0.6 is 11.8 Å². The maximum absolute atomic E-state index is 13.2. The number of aryl methyl sites for hydroxylation is 1. The van der Waals surface area contributed by atoms with Crippen LogP contribution in [-0.4, -0.2) is 46.7 Å². The first-order chi connectivity index (χ1) is 14.1. The molecule has 0 saturated carbocycles. The average Bonchev–Trinajstić information content (AvgIpc) is 3.13. The summed E-state index contributed by atoms with van der Waals surface area (Å²) < 4.78 is 7.75. The summed E-state index contributed by atoms with van der Waals surface area (Å²) in [4.78, 5) is 13.2. The van der Waals surface area contributed by atoms with Gasteiger partial charge in [-0.25, -0.2) is 0 Å². The Kier molecular flexibility index (Phi) is 7.72. The van der Waals surface area contributed by atoms with Gasteiger partial charge in [0.2, 0.25) is 5.91 Å². The van der Waals surface area contributed by atoms with E-state index in [1.807, 2.05) is 24.5 Å². The van der Waals surface area contributed by atoms with E-state index in [-0.39, 0.29) is 5.91 Å². The van der Waals surface area contributed by atoms with Crippen LogP contribution in [0, 0.1) is 5.92 Å². The van der Waals surface area contributed by atoms with Gasteiger partial charge in [-0.3, -0.25) is 4.79 Å². The Bertz CT molecular complexity index is 785. The minimum Gasteiger partial charge on any atom is -0.381 e. The molecule has 1 saturated heterocycles. The molecular weight excluding hydrogens is 384 g/mol. The Labute approximate surface area is 177 Å². The van der Waals surface area contributed by atoms with Crippen molar-refractivity contribution in [1.82, 2.24) is 20.1 Å². The van der Waals surface area contributed by atoms with E-state index in [2.05, 4.69) is 46.1 Å². The van der Waals surface area contributed by atoms with E-state index >= 15 is 0 Å². The number of nitrogens with one attached hydrogen (secondary N) is 1. The lowest BCUT2D eigenvalue weighted by molar-refractivity contribution is -0.130. The third-order valence-electron chi connectivity index (χ3n) is 5.49. The molecule has 0 radical (unpaired) electrons. The van der Waals surface area contributed by atoms with Crippen molar-refractivity contribution in [2.45, 2.75) is 56.6 Å². The number of carbonyl (C=O) groups excluding carboxylic acids is 1. The Morgan fingerprint density at radius 1 is 1.24 bits per heavy atom. The quantitative estimate of drug-likeness (QED) is 0.501. The second kappa shape index (κ2) is 10.3. The van der Waals surface area contributed by atoms with Crippen LogP contribution in [-0.2, 0) is 27.9 Å². The van der Waals surface area contributed by atoms with Crippen molar-refractivity contribution in [1.29, 1.82) is 0 Å². The molecule has 1 amide bonds. The molecule has 1 aromatic carbocycles. The first-order valence-electron chi connectivity index (χ1n) is 10.4. The SMILES string of the molecule is CSc1nnc(CCCNC(=O)C2(c3ccccc3)CCOCC2)n1CC(C)C. The van der Waals surface area contributed by atoms with Crippen molar-refractivity contribution in [3.63, 3.8) is 0 Å². The molecule has 0 aliphatic carbocycles. The van der Waals surface area contributed by atoms with Gasteiger partial charge in [-0.2, -0.15) is 0 Å². The second-order valence-corrected chi connectivity index (χ2v) is 8.80. The molecular formula is C22H32N4O2S. The molecule has 29 heavy (non-hydrogen) atoms. The van der Waals surface area contributed by atoms with Crippen molar-refractivity contribution >= 4 is 17.7 Å². The van der Waals surface area contributed by atoms with Gasteiger partial charge < -0.3 is 14.6 Å². The summed E-state index contributed by atoms with van der Waals surface area (Å²) in [6, 6.07) is 10.1. The highest BCUT2D eigenvalue weighted by Gasteiger charge is 2.41. The van der Waals surface area contributed by atoms with Crippen LogP contribution in [0.2, 0.25) is 0 Å². The molecule has 1 aliphatic heterocycles. The Hall–Kier alpha value is -1.86. The second-order valence-electron chi connectivity index (χ2n) is 8.03. The summed E-state index contributed by atoms with van der Waals surface area (Å²) >= 11 is 1.63. The molecule has 0 atom stereocenters. The third kappa shape index (κ3) is 5.20. The van der Waals surface area contributed by atoms with E-state index < -0.39 is 5.41 Å². The summed E-state index contributed by atoms with van der Waals surface area (Å²) in [6.45, 7) is 7.20. The summed E-state index contributed by atoms with van der Waals surface area (Å²) in [7, 11) is 0. The molecule has 158 valence electrons. The zero-order chi connectivity index (χ0) is 20.7. The third-order valence-corrected chi connectivity index (χ3v) is 6.16. The molecule has 1 aromatic heterocycles. The number of amides is 1. The lowest BCUT2D eigenvalue weighted by atomic mass is 9.73. The van der Waals surface area contributed by atoms with Crippen LogP contribution in [0.4, 0.5) is 0 Å². The molecule has 1 fully saturated rings. The van der Waals surface area contributed by atoms with Crippen molar-refractivity contribution in [2.75, 3.05) is 26.0 Å². The number of aromatic nitrogens is 3. The van der Waals surface area contributed by atoms with E-state index in [9.17, 15) is 4.79 Å². The van der Waals surface area contributed by atoms with Gasteiger partial charge in [0, 0.05) is 32.7 Å². The molecule has 0 unspecified atom stereocenters. The zero-order valence-electron chi connectivity index (χ0n) is 17.7. The fourth-order valence-electron chi connectivity index (χ4n) is 3.94. The molecule has 0 bridgehead atoms. The maximum atomic E-state index is 13.2. The molecule has 2 heterocycles. The first kappa shape index (κ1) is 21.8. The fourth-order valence-corrected chi connectivity index (χ4v) is 4.47. The van der Waals surface area contributed by atoms with E-state index in [1.165, 1.54) is 0 Å². The Balaban J connectivity index is 1.60. The molecule has 6 nitrogen and oxygen atoms in total. The van der Waals surface area contributed by atoms with Crippen LogP contribution in [0.1, 0.15) is 44.5 Å². The van der Waals surface area contributed by atoms with Gasteiger partial charge in [0.1, 0.15) is 5.82 Å². The van der Waals surface area contributed by atoms with Gasteiger partial charge in [-0.15, -0.1) is 10.2 Å². The van der Waals surface area contributed by atoms with E-state index in [4.69, 9.17) is 4.74 Å². The zero-order valence-corrected chi connectivity index (χ0v) is 18.5. The van der Waals surface area contributed by atoms with Crippen molar-refractivity contribution in [3.05, 3.63) is 41.7 Å². The van der Waals surface area contributed by atoms with E-state index in [0.29, 0.717) is 25.7 Å². The smallest absolute Gasteiger partial charge is 0.230 e. The Morgan fingerprint density at radius 2 is 1.97 bits per heavy atom. The van der Waals surface area contributed by atoms with Gasteiger partial charge in [0.15, 0.2) is 5.16 Å². The van der Waals surface area contributed by atoms with Crippen molar-refractivity contribution in [3.8, 4) is 0 Å².